The van der Waals surface area contributed by atoms with Gasteiger partial charge in [0.15, 0.2) is 0 Å². The molecule has 0 saturated carbocycles. The summed E-state index contributed by atoms with van der Waals surface area (Å²) in [6.07, 6.45) is 0. The Balaban J connectivity index is 2.73. The van der Waals surface area contributed by atoms with Gasteiger partial charge in [-0.1, -0.05) is 45.0 Å². The van der Waals surface area contributed by atoms with Crippen molar-refractivity contribution in [1.29, 1.82) is 0 Å². The van der Waals surface area contributed by atoms with Crippen LogP contribution >= 0.6 is 0 Å². The molecule has 0 aromatic heterocycles. The molecule has 0 aliphatic heterocycles. The number of amides is 1. The first-order valence-corrected chi connectivity index (χ1v) is 6.83. The van der Waals surface area contributed by atoms with E-state index < -0.39 is 0 Å². The lowest BCUT2D eigenvalue weighted by Crippen LogP contribution is -2.41. The van der Waals surface area contributed by atoms with E-state index in [-0.39, 0.29) is 23.4 Å². The van der Waals surface area contributed by atoms with Crippen molar-refractivity contribution in [3.05, 3.63) is 35.4 Å². The molecule has 2 atom stereocenters. The van der Waals surface area contributed by atoms with E-state index in [9.17, 15) is 4.79 Å². The maximum absolute atomic E-state index is 11.5. The first kappa shape index (κ1) is 15.7. The predicted octanol–water partition coefficient (Wildman–Crippen LogP) is 2.77. The molecule has 0 bridgehead atoms. The Bertz CT molecular complexity index is 417. The van der Waals surface area contributed by atoms with E-state index in [1.165, 1.54) is 11.1 Å². The molecule has 2 unspecified atom stereocenters. The highest BCUT2D eigenvalue weighted by Gasteiger charge is 2.16. The Morgan fingerprint density at radius 1 is 1.11 bits per heavy atom. The van der Waals surface area contributed by atoms with Crippen LogP contribution in [0.25, 0.3) is 0 Å². The number of hydrogen-bond donors (Lipinski definition) is 2. The molecule has 0 fully saturated rings. The highest BCUT2D eigenvalue weighted by Crippen LogP contribution is 2.23. The summed E-state index contributed by atoms with van der Waals surface area (Å²) in [5, 5.41) is 5.94. The van der Waals surface area contributed by atoms with Crippen LogP contribution in [0.3, 0.4) is 0 Å². The van der Waals surface area contributed by atoms with E-state index in [0.717, 1.165) is 0 Å². The third-order valence-corrected chi connectivity index (χ3v) is 3.42. The van der Waals surface area contributed by atoms with Gasteiger partial charge in [0.1, 0.15) is 0 Å². The molecule has 0 heterocycles. The third-order valence-electron chi connectivity index (χ3n) is 3.42. The summed E-state index contributed by atoms with van der Waals surface area (Å²) in [7, 11) is 1.66. The molecule has 1 aromatic carbocycles. The highest BCUT2D eigenvalue weighted by molar-refractivity contribution is 5.80. The summed E-state index contributed by atoms with van der Waals surface area (Å²) in [4.78, 5) is 11.5. The second kappa shape index (κ2) is 6.20. The van der Waals surface area contributed by atoms with E-state index in [1.807, 2.05) is 6.92 Å². The van der Waals surface area contributed by atoms with Gasteiger partial charge in [-0.15, -0.1) is 0 Å². The van der Waals surface area contributed by atoms with Crippen molar-refractivity contribution >= 4 is 5.91 Å². The minimum absolute atomic E-state index is 0.0122. The average molecular weight is 262 g/mol. The smallest absolute Gasteiger partial charge is 0.236 e. The predicted molar refractivity (Wildman–Crippen MR) is 80.2 cm³/mol. The second-order valence-corrected chi connectivity index (χ2v) is 6.10. The lowest BCUT2D eigenvalue weighted by molar-refractivity contribution is -0.122. The van der Waals surface area contributed by atoms with Crippen LogP contribution in [0.15, 0.2) is 24.3 Å². The van der Waals surface area contributed by atoms with Crippen LogP contribution in [-0.4, -0.2) is 19.0 Å². The fourth-order valence-corrected chi connectivity index (χ4v) is 2.04. The largest absolute Gasteiger partial charge is 0.358 e. The van der Waals surface area contributed by atoms with Crippen molar-refractivity contribution in [2.45, 2.75) is 52.1 Å². The van der Waals surface area contributed by atoms with Gasteiger partial charge in [0.05, 0.1) is 6.04 Å². The Morgan fingerprint density at radius 3 is 2.05 bits per heavy atom. The van der Waals surface area contributed by atoms with Gasteiger partial charge in [0.25, 0.3) is 0 Å². The van der Waals surface area contributed by atoms with Crippen LogP contribution in [0.2, 0.25) is 0 Å². The fourth-order valence-electron chi connectivity index (χ4n) is 2.04. The quantitative estimate of drug-likeness (QED) is 0.876. The number of carbonyl (C=O) groups is 1. The number of hydrogen-bond acceptors (Lipinski definition) is 2. The van der Waals surface area contributed by atoms with Crippen LogP contribution in [-0.2, 0) is 10.2 Å². The summed E-state index contributed by atoms with van der Waals surface area (Å²) in [6, 6.07) is 8.56. The number of nitrogens with one attached hydrogen (secondary N) is 2. The van der Waals surface area contributed by atoms with Crippen molar-refractivity contribution in [2.75, 3.05) is 7.05 Å². The van der Waals surface area contributed by atoms with Gasteiger partial charge in [-0.05, 0) is 30.4 Å². The van der Waals surface area contributed by atoms with Crippen LogP contribution in [0.4, 0.5) is 0 Å². The minimum Gasteiger partial charge on any atom is -0.358 e. The molecule has 3 heteroatoms. The van der Waals surface area contributed by atoms with Crippen LogP contribution < -0.4 is 10.6 Å². The van der Waals surface area contributed by atoms with E-state index in [2.05, 4.69) is 62.6 Å². The van der Waals surface area contributed by atoms with E-state index >= 15 is 0 Å². The van der Waals surface area contributed by atoms with Gasteiger partial charge >= 0.3 is 0 Å². The molecule has 0 saturated heterocycles. The van der Waals surface area contributed by atoms with Gasteiger partial charge in [0.2, 0.25) is 5.91 Å². The molecular weight excluding hydrogens is 236 g/mol. The summed E-state index contributed by atoms with van der Waals surface area (Å²) in [6.45, 7) is 10.6. The van der Waals surface area contributed by atoms with Gasteiger partial charge in [-0.2, -0.15) is 0 Å². The zero-order valence-electron chi connectivity index (χ0n) is 12.9. The highest BCUT2D eigenvalue weighted by atomic mass is 16.2. The molecule has 1 rings (SSSR count). The Labute approximate surface area is 116 Å². The maximum atomic E-state index is 11.5. The zero-order valence-corrected chi connectivity index (χ0v) is 12.9. The van der Waals surface area contributed by atoms with Gasteiger partial charge in [-0.3, -0.25) is 10.1 Å². The Hall–Kier alpha value is -1.35. The molecule has 0 spiro atoms. The topological polar surface area (TPSA) is 41.1 Å². The average Bonchev–Trinajstić information content (AvgIpc) is 2.36. The molecule has 19 heavy (non-hydrogen) atoms. The van der Waals surface area contributed by atoms with Crippen molar-refractivity contribution in [1.82, 2.24) is 10.6 Å². The van der Waals surface area contributed by atoms with Crippen molar-refractivity contribution < 1.29 is 4.79 Å². The molecule has 0 aliphatic carbocycles. The Morgan fingerprint density at radius 2 is 1.63 bits per heavy atom. The standard InChI is InChI=1S/C16H26N2O/c1-11(18-12(2)15(19)17-6)13-7-9-14(10-8-13)16(3,4)5/h7-12,18H,1-6H3,(H,17,19). The molecular formula is C16H26N2O. The lowest BCUT2D eigenvalue weighted by Gasteiger charge is -2.22. The van der Waals surface area contributed by atoms with Crippen LogP contribution in [0.1, 0.15) is 51.8 Å². The van der Waals surface area contributed by atoms with Gasteiger partial charge < -0.3 is 5.32 Å². The van der Waals surface area contributed by atoms with Crippen molar-refractivity contribution in [3.63, 3.8) is 0 Å². The maximum Gasteiger partial charge on any atom is 0.236 e. The van der Waals surface area contributed by atoms with Crippen molar-refractivity contribution in [3.8, 4) is 0 Å². The van der Waals surface area contributed by atoms with Crippen LogP contribution in [0.5, 0.6) is 0 Å². The van der Waals surface area contributed by atoms with Crippen LogP contribution in [0, 0.1) is 0 Å². The third kappa shape index (κ3) is 4.35. The number of likely N-dealkylation sites (N-methyl/N-ethyl adjacent to an activating group) is 1. The second-order valence-electron chi connectivity index (χ2n) is 6.10. The molecule has 106 valence electrons. The number of benzene rings is 1. The molecule has 0 aliphatic rings. The molecule has 1 amide bonds. The SMILES string of the molecule is CNC(=O)C(C)NC(C)c1ccc(C(C)(C)C)cc1. The molecule has 3 nitrogen and oxygen atoms in total. The molecule has 1 aromatic rings. The Kier molecular flexibility index (Phi) is 5.12. The van der Waals surface area contributed by atoms with Gasteiger partial charge in [0, 0.05) is 13.1 Å². The number of carbonyl (C=O) groups excluding carboxylic acids is 1. The van der Waals surface area contributed by atoms with E-state index in [0.29, 0.717) is 0 Å². The summed E-state index contributed by atoms with van der Waals surface area (Å²) in [5.74, 6) is 0.0122. The van der Waals surface area contributed by atoms with Crippen molar-refractivity contribution in [2.24, 2.45) is 0 Å². The monoisotopic (exact) mass is 262 g/mol. The summed E-state index contributed by atoms with van der Waals surface area (Å²) in [5.41, 5.74) is 2.69. The number of rotatable bonds is 4. The molecule has 2 N–H and O–H groups in total. The summed E-state index contributed by atoms with van der Waals surface area (Å²) >= 11 is 0. The van der Waals surface area contributed by atoms with Gasteiger partial charge in [-0.25, -0.2) is 0 Å². The summed E-state index contributed by atoms with van der Waals surface area (Å²) < 4.78 is 0. The fraction of sp³-hybridized carbons (Fsp3) is 0.562. The van der Waals surface area contributed by atoms with E-state index in [1.54, 1.807) is 7.05 Å². The lowest BCUT2D eigenvalue weighted by atomic mass is 9.86. The zero-order chi connectivity index (χ0) is 14.6. The first-order chi connectivity index (χ1) is 8.75. The first-order valence-electron chi connectivity index (χ1n) is 6.83. The van der Waals surface area contributed by atoms with E-state index in [4.69, 9.17) is 0 Å². The minimum atomic E-state index is -0.192. The normalized spacial score (nSPS) is 14.8. The molecule has 0 radical (unpaired) electrons.